The van der Waals surface area contributed by atoms with Crippen LogP contribution in [0, 0.1) is 5.41 Å². The Balaban J connectivity index is 4.14. The summed E-state index contributed by atoms with van der Waals surface area (Å²) in [4.78, 5) is 22.4. The van der Waals surface area contributed by atoms with Crippen LogP contribution in [0.4, 0.5) is 0 Å². The molecule has 5 N–H and O–H groups in total. The molecule has 0 heterocycles. The lowest BCUT2D eigenvalue weighted by atomic mass is 9.86. The van der Waals surface area contributed by atoms with Crippen LogP contribution in [0.2, 0.25) is 0 Å². The van der Waals surface area contributed by atoms with E-state index in [-0.39, 0.29) is 23.2 Å². The summed E-state index contributed by atoms with van der Waals surface area (Å²) in [6.45, 7) is 3.96. The molecule has 92 valence electrons. The number of rotatable bonds is 7. The fourth-order valence-corrected chi connectivity index (χ4v) is 1.34. The summed E-state index contributed by atoms with van der Waals surface area (Å²) in [7, 11) is 0. The minimum absolute atomic E-state index is 0.183. The molecule has 0 aliphatic rings. The number of amides is 2. The van der Waals surface area contributed by atoms with Gasteiger partial charge in [0.1, 0.15) is 0 Å². The number of nitrogens with two attached hydrogens (primary N) is 2. The van der Waals surface area contributed by atoms with Gasteiger partial charge in [0.15, 0.2) is 0 Å². The normalized spacial score (nSPS) is 13.9. The molecule has 6 heteroatoms. The Hall–Kier alpha value is -1.17. The van der Waals surface area contributed by atoms with Gasteiger partial charge in [0.05, 0.1) is 10.4 Å². The van der Waals surface area contributed by atoms with Gasteiger partial charge in [-0.2, -0.15) is 0 Å². The molecule has 0 aromatic carbocycles. The lowest BCUT2D eigenvalue weighted by molar-refractivity contribution is -0.127. The summed E-state index contributed by atoms with van der Waals surface area (Å²) in [5.41, 5.74) is 9.69. The molecule has 1 atom stereocenters. The van der Waals surface area contributed by atoms with Crippen LogP contribution in [0.3, 0.4) is 0 Å². The fourth-order valence-electron chi connectivity index (χ4n) is 1.11. The van der Waals surface area contributed by atoms with Gasteiger partial charge in [-0.05, 0) is 19.8 Å². The summed E-state index contributed by atoms with van der Waals surface area (Å²) in [5, 5.41) is 2.70. The van der Waals surface area contributed by atoms with E-state index in [0.717, 1.165) is 0 Å². The third kappa shape index (κ3) is 4.14. The molecule has 0 rings (SSSR count). The standard InChI is InChI=1S/C10H19N3O2S/c1-3-10(2,8(12)16)9(15)13-6-4-5-7(11)14/h3-6H2,1-2H3,(H2,11,14)(H2,12,16)(H,13,15). The van der Waals surface area contributed by atoms with E-state index >= 15 is 0 Å². The Morgan fingerprint density at radius 1 is 1.38 bits per heavy atom. The lowest BCUT2D eigenvalue weighted by Crippen LogP contribution is -2.46. The van der Waals surface area contributed by atoms with E-state index in [1.807, 2.05) is 6.92 Å². The molecule has 0 saturated heterocycles. The number of nitrogens with one attached hydrogen (secondary N) is 1. The third-order valence-electron chi connectivity index (χ3n) is 2.64. The molecule has 0 radical (unpaired) electrons. The van der Waals surface area contributed by atoms with Crippen LogP contribution in [-0.4, -0.2) is 23.3 Å². The van der Waals surface area contributed by atoms with Gasteiger partial charge in [-0.25, -0.2) is 0 Å². The quantitative estimate of drug-likeness (QED) is 0.436. The topological polar surface area (TPSA) is 98.2 Å². The second kappa shape index (κ2) is 6.42. The van der Waals surface area contributed by atoms with E-state index in [9.17, 15) is 9.59 Å². The lowest BCUT2D eigenvalue weighted by Gasteiger charge is -2.25. The largest absolute Gasteiger partial charge is 0.392 e. The van der Waals surface area contributed by atoms with Crippen molar-refractivity contribution in [1.29, 1.82) is 0 Å². The number of primary amides is 1. The number of hydrogen-bond acceptors (Lipinski definition) is 3. The van der Waals surface area contributed by atoms with E-state index in [0.29, 0.717) is 19.4 Å². The molecule has 0 aromatic rings. The first-order chi connectivity index (χ1) is 7.34. The van der Waals surface area contributed by atoms with Crippen molar-refractivity contribution in [2.75, 3.05) is 6.54 Å². The van der Waals surface area contributed by atoms with E-state index in [4.69, 9.17) is 23.7 Å². The first-order valence-corrected chi connectivity index (χ1v) is 5.62. The van der Waals surface area contributed by atoms with Gasteiger partial charge in [0, 0.05) is 13.0 Å². The summed E-state index contributed by atoms with van der Waals surface area (Å²) in [6.07, 6.45) is 1.33. The van der Waals surface area contributed by atoms with Crippen molar-refractivity contribution in [1.82, 2.24) is 5.32 Å². The molecule has 5 nitrogen and oxygen atoms in total. The molecule has 0 bridgehead atoms. The van der Waals surface area contributed by atoms with Crippen LogP contribution in [0.1, 0.15) is 33.1 Å². The molecule has 2 amide bonds. The monoisotopic (exact) mass is 245 g/mol. The van der Waals surface area contributed by atoms with Crippen LogP contribution in [0.5, 0.6) is 0 Å². The van der Waals surface area contributed by atoms with Gasteiger partial charge in [-0.3, -0.25) is 9.59 Å². The molecule has 0 saturated carbocycles. The smallest absolute Gasteiger partial charge is 0.232 e. The van der Waals surface area contributed by atoms with E-state index < -0.39 is 5.41 Å². The first-order valence-electron chi connectivity index (χ1n) is 5.21. The van der Waals surface area contributed by atoms with Gasteiger partial charge in [-0.1, -0.05) is 19.1 Å². The highest BCUT2D eigenvalue weighted by molar-refractivity contribution is 7.80. The molecular weight excluding hydrogens is 226 g/mol. The Morgan fingerprint density at radius 3 is 2.31 bits per heavy atom. The second-order valence-electron chi connectivity index (χ2n) is 3.88. The molecule has 0 spiro atoms. The highest BCUT2D eigenvalue weighted by atomic mass is 32.1. The zero-order chi connectivity index (χ0) is 12.8. The molecule has 0 aromatic heterocycles. The summed E-state index contributed by atoms with van der Waals surface area (Å²) in [5.74, 6) is -0.575. The average Bonchev–Trinajstić information content (AvgIpc) is 2.22. The van der Waals surface area contributed by atoms with Crippen molar-refractivity contribution >= 4 is 29.0 Å². The summed E-state index contributed by atoms with van der Waals surface area (Å²) >= 11 is 4.87. The third-order valence-corrected chi connectivity index (χ3v) is 3.09. The van der Waals surface area contributed by atoms with E-state index in [2.05, 4.69) is 5.32 Å². The predicted octanol–water partition coefficient (Wildman–Crippen LogP) is 0.0705. The second-order valence-corrected chi connectivity index (χ2v) is 4.32. The van der Waals surface area contributed by atoms with Crippen LogP contribution >= 0.6 is 12.2 Å². The van der Waals surface area contributed by atoms with E-state index in [1.54, 1.807) is 6.92 Å². The van der Waals surface area contributed by atoms with Gasteiger partial charge < -0.3 is 16.8 Å². The number of carbonyl (C=O) groups excluding carboxylic acids is 2. The Bertz CT molecular complexity index is 294. The predicted molar refractivity (Wildman–Crippen MR) is 66.6 cm³/mol. The minimum Gasteiger partial charge on any atom is -0.392 e. The Kier molecular flexibility index (Phi) is 5.95. The molecule has 16 heavy (non-hydrogen) atoms. The number of hydrogen-bond donors (Lipinski definition) is 3. The van der Waals surface area contributed by atoms with Crippen LogP contribution < -0.4 is 16.8 Å². The van der Waals surface area contributed by atoms with Crippen LogP contribution in [-0.2, 0) is 9.59 Å². The zero-order valence-corrected chi connectivity index (χ0v) is 10.5. The maximum absolute atomic E-state index is 11.8. The Labute approximate surface area is 101 Å². The Morgan fingerprint density at radius 2 is 1.94 bits per heavy atom. The van der Waals surface area contributed by atoms with Crippen molar-refractivity contribution in [2.24, 2.45) is 16.9 Å². The first kappa shape index (κ1) is 14.8. The summed E-state index contributed by atoms with van der Waals surface area (Å²) in [6, 6.07) is 0. The minimum atomic E-state index is -0.817. The molecule has 0 aliphatic carbocycles. The van der Waals surface area contributed by atoms with Crippen molar-refractivity contribution < 1.29 is 9.59 Å². The van der Waals surface area contributed by atoms with Crippen molar-refractivity contribution in [2.45, 2.75) is 33.1 Å². The fraction of sp³-hybridized carbons (Fsp3) is 0.700. The van der Waals surface area contributed by atoms with Gasteiger partial charge in [-0.15, -0.1) is 0 Å². The molecule has 0 fully saturated rings. The highest BCUT2D eigenvalue weighted by Crippen LogP contribution is 2.21. The zero-order valence-electron chi connectivity index (χ0n) is 9.71. The summed E-state index contributed by atoms with van der Waals surface area (Å²) < 4.78 is 0. The van der Waals surface area contributed by atoms with Gasteiger partial charge >= 0.3 is 0 Å². The molecule has 1 unspecified atom stereocenters. The van der Waals surface area contributed by atoms with Gasteiger partial charge in [0.2, 0.25) is 11.8 Å². The maximum atomic E-state index is 11.8. The van der Waals surface area contributed by atoms with Gasteiger partial charge in [0.25, 0.3) is 0 Å². The van der Waals surface area contributed by atoms with E-state index in [1.165, 1.54) is 0 Å². The average molecular weight is 245 g/mol. The highest BCUT2D eigenvalue weighted by Gasteiger charge is 2.34. The number of thiocarbonyl (C=S) groups is 1. The van der Waals surface area contributed by atoms with Crippen LogP contribution in [0.15, 0.2) is 0 Å². The number of carbonyl (C=O) groups is 2. The maximum Gasteiger partial charge on any atom is 0.232 e. The SMILES string of the molecule is CCC(C)(C(=O)NCCCC(N)=O)C(N)=S. The molecule has 0 aliphatic heterocycles. The molecular formula is C10H19N3O2S. The van der Waals surface area contributed by atoms with Crippen molar-refractivity contribution in [3.63, 3.8) is 0 Å². The van der Waals surface area contributed by atoms with Crippen molar-refractivity contribution in [3.8, 4) is 0 Å². The van der Waals surface area contributed by atoms with Crippen LogP contribution in [0.25, 0.3) is 0 Å². The van der Waals surface area contributed by atoms with Crippen molar-refractivity contribution in [3.05, 3.63) is 0 Å².